The molecule has 0 aromatic heterocycles. The van der Waals surface area contributed by atoms with Crippen LogP contribution in [0.5, 0.6) is 0 Å². The Hall–Kier alpha value is -0.747. The summed E-state index contributed by atoms with van der Waals surface area (Å²) in [6.45, 7) is 0. The number of hydrogen-bond donors (Lipinski definition) is 0. The van der Waals surface area contributed by atoms with E-state index in [0.717, 1.165) is 5.57 Å². The Morgan fingerprint density at radius 1 is 0.778 bits per heavy atom. The van der Waals surface area contributed by atoms with Gasteiger partial charge >= 0.3 is 121 Å². The van der Waals surface area contributed by atoms with Crippen LogP contribution in [-0.2, 0) is 13.5 Å². The summed E-state index contributed by atoms with van der Waals surface area (Å²) >= 11 is -1.77. The van der Waals surface area contributed by atoms with Crippen LogP contribution < -0.4 is 0 Å². The first-order chi connectivity index (χ1) is 8.77. The molecule has 0 aliphatic carbocycles. The molecular weight excluding hydrogens is 352 g/mol. The van der Waals surface area contributed by atoms with Crippen molar-refractivity contribution in [1.29, 1.82) is 0 Å². The third kappa shape index (κ3) is 3.88. The van der Waals surface area contributed by atoms with Crippen LogP contribution in [0, 0.1) is 0 Å². The van der Waals surface area contributed by atoms with Crippen LogP contribution in [0.1, 0.15) is 11.1 Å². The number of rotatable bonds is 3. The number of allylic oxidation sites excluding steroid dienone is 1. The fraction of sp³-hybridized carbons (Fsp3) is 0. The second kappa shape index (κ2) is 6.99. The molecular formula is C15H12Cl2Ru. The summed E-state index contributed by atoms with van der Waals surface area (Å²) in [5.41, 5.74) is 3.49. The summed E-state index contributed by atoms with van der Waals surface area (Å²) in [6, 6.07) is 20.5. The SMILES string of the molecule is [Cl][Ru]([Cl])=[CH]C=C(c1ccccc1)c1ccccc1. The molecule has 2 rings (SSSR count). The van der Waals surface area contributed by atoms with Crippen molar-refractivity contribution < 1.29 is 13.5 Å². The fourth-order valence-electron chi connectivity index (χ4n) is 1.70. The van der Waals surface area contributed by atoms with Crippen LogP contribution in [-0.4, -0.2) is 4.61 Å². The van der Waals surface area contributed by atoms with Crippen LogP contribution >= 0.6 is 19.4 Å². The molecule has 0 atom stereocenters. The molecule has 2 aromatic rings. The number of halogens is 2. The molecule has 0 radical (unpaired) electrons. The Morgan fingerprint density at radius 2 is 1.22 bits per heavy atom. The summed E-state index contributed by atoms with van der Waals surface area (Å²) in [5, 5.41) is 0. The summed E-state index contributed by atoms with van der Waals surface area (Å²) in [7, 11) is 11.8. The Balaban J connectivity index is 2.49. The molecule has 94 valence electrons. The van der Waals surface area contributed by atoms with E-state index >= 15 is 0 Å². The molecule has 0 saturated heterocycles. The monoisotopic (exact) mass is 364 g/mol. The standard InChI is InChI=1S/C15H12.2ClH.Ru/c1-2-15(13-9-5-3-6-10-13)14-11-7-4-8-12-14;;;/h1-12H;2*1H;/q;;;+2/p-2. The minimum absolute atomic E-state index is 1.15. The Morgan fingerprint density at radius 3 is 1.61 bits per heavy atom. The fourth-order valence-corrected chi connectivity index (χ4v) is 2.73. The predicted molar refractivity (Wildman–Crippen MR) is 77.7 cm³/mol. The molecule has 0 aliphatic rings. The van der Waals surface area contributed by atoms with Gasteiger partial charge in [-0.3, -0.25) is 0 Å². The van der Waals surface area contributed by atoms with Crippen LogP contribution in [0.15, 0.2) is 66.7 Å². The first-order valence-electron chi connectivity index (χ1n) is 5.41. The van der Waals surface area contributed by atoms with E-state index in [1.54, 1.807) is 0 Å². The van der Waals surface area contributed by atoms with Gasteiger partial charge in [-0.1, -0.05) is 0 Å². The van der Waals surface area contributed by atoms with Gasteiger partial charge < -0.3 is 0 Å². The molecule has 0 nitrogen and oxygen atoms in total. The molecule has 0 unspecified atom stereocenters. The van der Waals surface area contributed by atoms with Gasteiger partial charge in [0, 0.05) is 0 Å². The second-order valence-electron chi connectivity index (χ2n) is 3.64. The summed E-state index contributed by atoms with van der Waals surface area (Å²) in [5.74, 6) is 0. The third-order valence-corrected chi connectivity index (χ3v) is 4.27. The first-order valence-corrected chi connectivity index (χ1v) is 10.9. The third-order valence-electron chi connectivity index (χ3n) is 2.48. The zero-order chi connectivity index (χ0) is 12.8. The molecule has 2 aromatic carbocycles. The van der Waals surface area contributed by atoms with Gasteiger partial charge in [-0.2, -0.15) is 0 Å². The molecule has 0 bridgehead atoms. The quantitative estimate of drug-likeness (QED) is 0.684. The maximum atomic E-state index is 5.91. The molecule has 0 heterocycles. The molecule has 0 N–H and O–H groups in total. The summed E-state index contributed by atoms with van der Waals surface area (Å²) in [4.78, 5) is 0. The molecule has 0 aliphatic heterocycles. The average molecular weight is 364 g/mol. The topological polar surface area (TPSA) is 0 Å². The zero-order valence-electron chi connectivity index (χ0n) is 9.54. The first kappa shape index (κ1) is 13.7. The van der Waals surface area contributed by atoms with E-state index < -0.39 is 13.5 Å². The van der Waals surface area contributed by atoms with Crippen molar-refractivity contribution in [2.24, 2.45) is 0 Å². The Bertz CT molecular complexity index is 514. The van der Waals surface area contributed by atoms with E-state index in [0.29, 0.717) is 0 Å². The van der Waals surface area contributed by atoms with Crippen LogP contribution in [0.3, 0.4) is 0 Å². The number of benzene rings is 2. The van der Waals surface area contributed by atoms with Crippen molar-refractivity contribution in [3.8, 4) is 0 Å². The van der Waals surface area contributed by atoms with Crippen molar-refractivity contribution in [1.82, 2.24) is 0 Å². The van der Waals surface area contributed by atoms with E-state index in [1.165, 1.54) is 11.1 Å². The van der Waals surface area contributed by atoms with E-state index in [-0.39, 0.29) is 0 Å². The predicted octanol–water partition coefficient (Wildman–Crippen LogP) is 4.85. The normalized spacial score (nSPS) is 10.7. The van der Waals surface area contributed by atoms with Gasteiger partial charge in [0.25, 0.3) is 0 Å². The zero-order valence-corrected chi connectivity index (χ0v) is 12.8. The van der Waals surface area contributed by atoms with Crippen molar-refractivity contribution >= 4 is 29.6 Å². The van der Waals surface area contributed by atoms with Gasteiger partial charge in [0.15, 0.2) is 0 Å². The maximum absolute atomic E-state index is 5.91. The molecule has 0 amide bonds. The van der Waals surface area contributed by atoms with Crippen LogP contribution in [0.25, 0.3) is 5.57 Å². The Kier molecular flexibility index (Phi) is 5.32. The number of hydrogen-bond acceptors (Lipinski definition) is 0. The van der Waals surface area contributed by atoms with Crippen LogP contribution in [0.4, 0.5) is 0 Å². The van der Waals surface area contributed by atoms with Crippen molar-refractivity contribution in [3.63, 3.8) is 0 Å². The van der Waals surface area contributed by atoms with Crippen molar-refractivity contribution in [3.05, 3.63) is 77.9 Å². The molecule has 0 fully saturated rings. The molecule has 18 heavy (non-hydrogen) atoms. The second-order valence-corrected chi connectivity index (χ2v) is 9.44. The van der Waals surface area contributed by atoms with E-state index in [4.69, 9.17) is 19.4 Å². The van der Waals surface area contributed by atoms with E-state index in [1.807, 2.05) is 47.1 Å². The van der Waals surface area contributed by atoms with Gasteiger partial charge in [-0.25, -0.2) is 0 Å². The summed E-state index contributed by atoms with van der Waals surface area (Å²) in [6.07, 6.45) is 2.03. The van der Waals surface area contributed by atoms with E-state index in [9.17, 15) is 0 Å². The molecule has 0 spiro atoms. The molecule has 3 heteroatoms. The van der Waals surface area contributed by atoms with Gasteiger partial charge in [0.2, 0.25) is 0 Å². The van der Waals surface area contributed by atoms with Crippen molar-refractivity contribution in [2.75, 3.05) is 0 Å². The van der Waals surface area contributed by atoms with Gasteiger partial charge in [-0.05, 0) is 0 Å². The Labute approximate surface area is 120 Å². The van der Waals surface area contributed by atoms with Crippen LogP contribution in [0.2, 0.25) is 0 Å². The molecule has 0 saturated carbocycles. The van der Waals surface area contributed by atoms with Gasteiger partial charge in [-0.15, -0.1) is 0 Å². The van der Waals surface area contributed by atoms with E-state index in [2.05, 4.69) is 24.3 Å². The minimum atomic E-state index is -1.77. The summed E-state index contributed by atoms with van der Waals surface area (Å²) < 4.78 is 1.92. The van der Waals surface area contributed by atoms with Crippen molar-refractivity contribution in [2.45, 2.75) is 0 Å². The average Bonchev–Trinajstić information content (AvgIpc) is 2.41. The van der Waals surface area contributed by atoms with Gasteiger partial charge in [0.1, 0.15) is 0 Å². The van der Waals surface area contributed by atoms with Gasteiger partial charge in [0.05, 0.1) is 0 Å².